The summed E-state index contributed by atoms with van der Waals surface area (Å²) in [5, 5.41) is 18.0. The number of carbonyl (C=O) groups is 4. The smallest absolute Gasteiger partial charge is 0.411 e. The Hall–Kier alpha value is -2.78. The maximum atomic E-state index is 11.8. The summed E-state index contributed by atoms with van der Waals surface area (Å²) >= 11 is 0. The molecule has 10 heteroatoms. The van der Waals surface area contributed by atoms with Crippen LogP contribution in [0.1, 0.15) is 61.3 Å². The molecule has 2 saturated heterocycles. The molecule has 2 aliphatic heterocycles. The number of ether oxygens (including phenoxy) is 2. The summed E-state index contributed by atoms with van der Waals surface area (Å²) in [4.78, 5) is 47.9. The molecule has 32 heavy (non-hydrogen) atoms. The van der Waals surface area contributed by atoms with Crippen LogP contribution >= 0.6 is 0 Å². The Morgan fingerprint density at radius 1 is 0.875 bits per heavy atom. The van der Waals surface area contributed by atoms with E-state index in [9.17, 15) is 19.2 Å². The first-order valence-electron chi connectivity index (χ1n) is 10.5. The Kier molecular flexibility index (Phi) is 8.71. The normalized spacial score (nSPS) is 23.3. The van der Waals surface area contributed by atoms with E-state index in [-0.39, 0.29) is 12.5 Å². The van der Waals surface area contributed by atoms with Gasteiger partial charge in [-0.05, 0) is 53.9 Å². The average Bonchev–Trinajstić information content (AvgIpc) is 3.15. The summed E-state index contributed by atoms with van der Waals surface area (Å²) in [6.45, 7) is 16.9. The molecular weight excluding hydrogens is 420 g/mol. The minimum absolute atomic E-state index is 0.202. The van der Waals surface area contributed by atoms with Crippen molar-refractivity contribution in [3.63, 3.8) is 0 Å². The molecule has 0 bridgehead atoms. The number of nitrogens with zero attached hydrogens (tertiary/aromatic N) is 2. The van der Waals surface area contributed by atoms with E-state index in [0.717, 1.165) is 5.57 Å². The Morgan fingerprint density at radius 2 is 1.31 bits per heavy atom. The molecule has 3 atom stereocenters. The molecule has 0 aromatic rings. The Morgan fingerprint density at radius 3 is 1.72 bits per heavy atom. The van der Waals surface area contributed by atoms with Crippen LogP contribution in [0.5, 0.6) is 0 Å². The maximum absolute atomic E-state index is 11.8. The molecule has 10 nitrogen and oxygen atoms in total. The van der Waals surface area contributed by atoms with Crippen LogP contribution in [0.15, 0.2) is 12.2 Å². The van der Waals surface area contributed by atoms with E-state index in [4.69, 9.17) is 19.7 Å². The second-order valence-electron chi connectivity index (χ2n) is 10.2. The van der Waals surface area contributed by atoms with Crippen molar-refractivity contribution in [1.29, 1.82) is 0 Å². The van der Waals surface area contributed by atoms with Gasteiger partial charge in [0.1, 0.15) is 23.3 Å². The van der Waals surface area contributed by atoms with Gasteiger partial charge in [0.15, 0.2) is 0 Å². The summed E-state index contributed by atoms with van der Waals surface area (Å²) in [6.07, 6.45) is -0.342. The average molecular weight is 457 g/mol. The molecule has 0 radical (unpaired) electrons. The highest BCUT2D eigenvalue weighted by atomic mass is 16.6. The van der Waals surface area contributed by atoms with Crippen molar-refractivity contribution in [3.8, 4) is 0 Å². The highest BCUT2D eigenvalue weighted by molar-refractivity contribution is 5.82. The van der Waals surface area contributed by atoms with E-state index in [1.165, 1.54) is 9.80 Å². The number of likely N-dealkylation sites (tertiary alicyclic amines) is 2. The van der Waals surface area contributed by atoms with Gasteiger partial charge in [-0.3, -0.25) is 9.80 Å². The fraction of sp³-hybridized carbons (Fsp3) is 0.727. The minimum Gasteiger partial charge on any atom is -0.480 e. The lowest BCUT2D eigenvalue weighted by Gasteiger charge is -2.26. The number of amides is 2. The minimum atomic E-state index is -1.02. The fourth-order valence-electron chi connectivity index (χ4n) is 3.33. The van der Waals surface area contributed by atoms with Crippen LogP contribution in [0.4, 0.5) is 9.59 Å². The second-order valence-corrected chi connectivity index (χ2v) is 10.2. The van der Waals surface area contributed by atoms with Crippen molar-refractivity contribution < 1.29 is 38.9 Å². The van der Waals surface area contributed by atoms with Gasteiger partial charge in [-0.2, -0.15) is 0 Å². The van der Waals surface area contributed by atoms with E-state index in [1.54, 1.807) is 41.5 Å². The monoisotopic (exact) mass is 456 g/mol. The summed E-state index contributed by atoms with van der Waals surface area (Å²) in [5.41, 5.74) is -0.478. The Labute approximate surface area is 189 Å². The van der Waals surface area contributed by atoms with E-state index < -0.39 is 47.4 Å². The highest BCUT2D eigenvalue weighted by Crippen LogP contribution is 2.25. The lowest BCUT2D eigenvalue weighted by Crippen LogP contribution is -2.43. The summed E-state index contributed by atoms with van der Waals surface area (Å²) in [7, 11) is 0. The van der Waals surface area contributed by atoms with Gasteiger partial charge in [-0.15, -0.1) is 0 Å². The molecule has 0 spiro atoms. The number of hydrogen-bond acceptors (Lipinski definition) is 6. The van der Waals surface area contributed by atoms with Gasteiger partial charge in [0.25, 0.3) is 0 Å². The quantitative estimate of drug-likeness (QED) is 0.604. The van der Waals surface area contributed by atoms with Crippen molar-refractivity contribution in [2.24, 2.45) is 5.92 Å². The first-order chi connectivity index (χ1) is 14.4. The molecule has 2 aliphatic rings. The zero-order chi connectivity index (χ0) is 25.0. The molecule has 2 N–H and O–H groups in total. The molecule has 2 amide bonds. The largest absolute Gasteiger partial charge is 0.480 e. The topological polar surface area (TPSA) is 134 Å². The van der Waals surface area contributed by atoms with E-state index >= 15 is 0 Å². The van der Waals surface area contributed by atoms with Crippen LogP contribution in [-0.4, -0.2) is 80.5 Å². The van der Waals surface area contributed by atoms with E-state index in [2.05, 4.69) is 6.58 Å². The summed E-state index contributed by atoms with van der Waals surface area (Å²) in [6, 6.07) is -1.59. The van der Waals surface area contributed by atoms with Crippen LogP contribution in [-0.2, 0) is 19.1 Å². The van der Waals surface area contributed by atoms with Crippen molar-refractivity contribution in [1.82, 2.24) is 9.80 Å². The summed E-state index contributed by atoms with van der Waals surface area (Å²) < 4.78 is 10.3. The van der Waals surface area contributed by atoms with Gasteiger partial charge < -0.3 is 19.7 Å². The fourth-order valence-corrected chi connectivity index (χ4v) is 3.33. The van der Waals surface area contributed by atoms with Gasteiger partial charge in [-0.25, -0.2) is 19.2 Å². The number of carboxylic acids is 2. The predicted molar refractivity (Wildman–Crippen MR) is 116 cm³/mol. The van der Waals surface area contributed by atoms with Crippen molar-refractivity contribution >= 4 is 24.1 Å². The van der Waals surface area contributed by atoms with Gasteiger partial charge in [0.05, 0.1) is 0 Å². The van der Waals surface area contributed by atoms with Crippen LogP contribution in [0.2, 0.25) is 0 Å². The van der Waals surface area contributed by atoms with Crippen LogP contribution in [0.25, 0.3) is 0 Å². The molecule has 0 unspecified atom stereocenters. The predicted octanol–water partition coefficient (Wildman–Crippen LogP) is 3.35. The number of hydrogen-bond donors (Lipinski definition) is 2. The first-order valence-corrected chi connectivity index (χ1v) is 10.5. The van der Waals surface area contributed by atoms with Crippen molar-refractivity contribution in [2.75, 3.05) is 13.1 Å². The molecule has 2 rings (SSSR count). The lowest BCUT2D eigenvalue weighted by molar-refractivity contribution is -0.142. The number of rotatable bonds is 2. The molecule has 182 valence electrons. The van der Waals surface area contributed by atoms with E-state index in [1.807, 2.05) is 6.92 Å². The van der Waals surface area contributed by atoms with Crippen molar-refractivity contribution in [2.45, 2.75) is 84.6 Å². The lowest BCUT2D eigenvalue weighted by atomic mass is 10.1. The van der Waals surface area contributed by atoms with Crippen molar-refractivity contribution in [3.05, 3.63) is 12.2 Å². The van der Waals surface area contributed by atoms with Crippen LogP contribution in [0.3, 0.4) is 0 Å². The van der Waals surface area contributed by atoms with Gasteiger partial charge >= 0.3 is 24.1 Å². The molecule has 0 aliphatic carbocycles. The maximum Gasteiger partial charge on any atom is 0.411 e. The first kappa shape index (κ1) is 27.3. The van der Waals surface area contributed by atoms with Gasteiger partial charge in [-0.1, -0.05) is 19.1 Å². The summed E-state index contributed by atoms with van der Waals surface area (Å²) in [5.74, 6) is -1.78. The number of carbonyl (C=O) groups excluding carboxylic acids is 2. The van der Waals surface area contributed by atoms with Gasteiger partial charge in [0, 0.05) is 19.5 Å². The number of aliphatic carboxylic acids is 2. The molecular formula is C22H36N2O8. The molecule has 0 saturated carbocycles. The molecule has 2 fully saturated rings. The standard InChI is InChI=1S/C11H19NO4.C11H17NO4/c2*1-7-5-8(9(13)14)12(6-7)10(15)16-11(2,3)4/h7-8H,5-6H2,1-4H3,(H,13,14);8H,1,5-6H2,2-4H3,(H,13,14)/t7-,8-;8-/m00/s1. The third kappa shape index (κ3) is 8.39. The molecule has 0 aromatic carbocycles. The molecule has 0 aromatic heterocycles. The number of carboxylic acid groups (broad SMARTS) is 2. The Balaban J connectivity index is 0.000000320. The third-order valence-electron chi connectivity index (χ3n) is 4.59. The van der Waals surface area contributed by atoms with Gasteiger partial charge in [0.2, 0.25) is 0 Å². The zero-order valence-corrected chi connectivity index (χ0v) is 20.0. The highest BCUT2D eigenvalue weighted by Gasteiger charge is 2.40. The van der Waals surface area contributed by atoms with Crippen LogP contribution < -0.4 is 0 Å². The molecule has 2 heterocycles. The second kappa shape index (κ2) is 10.2. The van der Waals surface area contributed by atoms with Crippen LogP contribution in [0, 0.1) is 5.92 Å². The third-order valence-corrected chi connectivity index (χ3v) is 4.59. The van der Waals surface area contributed by atoms with E-state index in [0.29, 0.717) is 19.4 Å². The Bertz CT molecular complexity index is 750. The SMILES string of the molecule is C=C1C[C@@H](C(=O)O)N(C(=O)OC(C)(C)C)C1.C[C@H]1C[C@@H](C(=O)O)N(C(=O)OC(C)(C)C)C1. The zero-order valence-electron chi connectivity index (χ0n) is 20.0.